The largest absolute Gasteiger partial charge is 0.396 e. The number of nitrogen functional groups attached to an aromatic ring is 1. The maximum absolute atomic E-state index is 13.3. The minimum Gasteiger partial charge on any atom is -0.396 e. The molecule has 0 bridgehead atoms. The summed E-state index contributed by atoms with van der Waals surface area (Å²) in [7, 11) is 0. The molecule has 3 aromatic rings. The lowest BCUT2D eigenvalue weighted by atomic mass is 10.1. The number of nitrogens with two attached hydrogens (primary N) is 1. The molecule has 0 radical (unpaired) electrons. The van der Waals surface area contributed by atoms with Crippen molar-refractivity contribution in [3.63, 3.8) is 0 Å². The number of benzene rings is 1. The van der Waals surface area contributed by atoms with Gasteiger partial charge in [-0.2, -0.15) is 9.37 Å². The van der Waals surface area contributed by atoms with Crippen molar-refractivity contribution in [1.29, 1.82) is 0 Å². The van der Waals surface area contributed by atoms with Crippen LogP contribution >= 0.6 is 23.2 Å². The third kappa shape index (κ3) is 5.59. The normalized spacial score (nSPS) is 11.2. The summed E-state index contributed by atoms with van der Waals surface area (Å²) in [6.07, 6.45) is -1.44. The van der Waals surface area contributed by atoms with Crippen LogP contribution in [0, 0.1) is 5.95 Å². The third-order valence-electron chi connectivity index (χ3n) is 4.30. The number of amides is 1. The zero-order valence-electron chi connectivity index (χ0n) is 15.8. The van der Waals surface area contributed by atoms with Gasteiger partial charge in [0.15, 0.2) is 5.82 Å². The number of carbonyl (C=O) groups excluding carboxylic acids is 1. The van der Waals surface area contributed by atoms with E-state index in [1.165, 1.54) is 18.3 Å². The molecule has 1 aromatic carbocycles. The molecular formula is C19H16Cl2F3N5O2. The maximum Gasteiger partial charge on any atom is 0.329 e. The zero-order chi connectivity index (χ0) is 22.7. The molecule has 12 heteroatoms. The first-order valence-corrected chi connectivity index (χ1v) is 9.62. The number of aromatic nitrogens is 3. The van der Waals surface area contributed by atoms with E-state index in [0.717, 1.165) is 15.2 Å². The van der Waals surface area contributed by atoms with Gasteiger partial charge in [0.05, 0.1) is 12.2 Å². The lowest BCUT2D eigenvalue weighted by Crippen LogP contribution is -2.31. The number of nitrogens with zero attached hydrogens (tertiary/aromatic N) is 3. The molecule has 2 heterocycles. The lowest BCUT2D eigenvalue weighted by molar-refractivity contribution is -0.116. The average Bonchev–Trinajstić information content (AvgIpc) is 2.95. The number of pyridine rings is 1. The summed E-state index contributed by atoms with van der Waals surface area (Å²) in [5.74, 6) is -1.80. The van der Waals surface area contributed by atoms with E-state index < -0.39 is 37.1 Å². The summed E-state index contributed by atoms with van der Waals surface area (Å²) in [5, 5.41) is 3.00. The van der Waals surface area contributed by atoms with Gasteiger partial charge in [0.25, 0.3) is 6.43 Å². The van der Waals surface area contributed by atoms with Gasteiger partial charge in [-0.1, -0.05) is 29.3 Å². The Morgan fingerprint density at radius 3 is 2.65 bits per heavy atom. The number of nitrogens with one attached hydrogen (secondary N) is 1. The van der Waals surface area contributed by atoms with Gasteiger partial charge >= 0.3 is 5.69 Å². The van der Waals surface area contributed by atoms with Crippen molar-refractivity contribution < 1.29 is 18.0 Å². The number of halogens is 5. The fraction of sp³-hybridized carbons (Fsp3) is 0.211. The Labute approximate surface area is 184 Å². The minimum atomic E-state index is -2.79. The van der Waals surface area contributed by atoms with Crippen LogP contribution in [-0.4, -0.2) is 26.5 Å². The van der Waals surface area contributed by atoms with Gasteiger partial charge in [0.2, 0.25) is 11.9 Å². The second kappa shape index (κ2) is 9.44. The number of hydrogen-bond donors (Lipinski definition) is 2. The summed E-state index contributed by atoms with van der Waals surface area (Å²) in [4.78, 5) is 28.4. The quantitative estimate of drug-likeness (QED) is 0.512. The van der Waals surface area contributed by atoms with Gasteiger partial charge in [0, 0.05) is 28.4 Å². The molecule has 0 fully saturated rings. The van der Waals surface area contributed by atoms with Gasteiger partial charge in [-0.3, -0.25) is 13.9 Å². The van der Waals surface area contributed by atoms with Crippen LogP contribution in [0.15, 0.2) is 41.3 Å². The van der Waals surface area contributed by atoms with Crippen LogP contribution in [-0.2, 0) is 24.3 Å². The van der Waals surface area contributed by atoms with Crippen LogP contribution in [0.4, 0.5) is 24.7 Å². The van der Waals surface area contributed by atoms with E-state index >= 15 is 0 Å². The highest BCUT2D eigenvalue weighted by Gasteiger charge is 2.18. The fourth-order valence-electron chi connectivity index (χ4n) is 2.90. The van der Waals surface area contributed by atoms with Crippen LogP contribution in [0.25, 0.3) is 0 Å². The van der Waals surface area contributed by atoms with Crippen molar-refractivity contribution in [3.05, 3.63) is 74.3 Å². The molecule has 3 rings (SSSR count). The monoisotopic (exact) mass is 473 g/mol. The van der Waals surface area contributed by atoms with Gasteiger partial charge in [-0.05, 0) is 29.8 Å². The molecule has 7 nitrogen and oxygen atoms in total. The van der Waals surface area contributed by atoms with E-state index in [1.54, 1.807) is 12.1 Å². The summed E-state index contributed by atoms with van der Waals surface area (Å²) < 4.78 is 41.2. The Kier molecular flexibility index (Phi) is 6.91. The molecule has 0 aliphatic rings. The molecule has 1 amide bonds. The van der Waals surface area contributed by atoms with E-state index in [4.69, 9.17) is 28.9 Å². The molecule has 0 aliphatic heterocycles. The highest BCUT2D eigenvalue weighted by molar-refractivity contribution is 6.35. The van der Waals surface area contributed by atoms with Crippen LogP contribution in [0.2, 0.25) is 10.0 Å². The van der Waals surface area contributed by atoms with Gasteiger partial charge in [0.1, 0.15) is 6.54 Å². The van der Waals surface area contributed by atoms with Crippen molar-refractivity contribution in [2.24, 2.45) is 0 Å². The molecule has 0 atom stereocenters. The van der Waals surface area contributed by atoms with Crippen LogP contribution < -0.4 is 16.7 Å². The number of imidazole rings is 1. The van der Waals surface area contributed by atoms with Crippen molar-refractivity contribution in [1.82, 2.24) is 14.1 Å². The van der Waals surface area contributed by atoms with E-state index in [1.807, 2.05) is 0 Å². The summed E-state index contributed by atoms with van der Waals surface area (Å²) >= 11 is 12.0. The van der Waals surface area contributed by atoms with Crippen molar-refractivity contribution in [3.8, 4) is 0 Å². The fourth-order valence-corrected chi connectivity index (χ4v) is 3.38. The van der Waals surface area contributed by atoms with Gasteiger partial charge in [-0.15, -0.1) is 0 Å². The molecule has 0 saturated heterocycles. The number of hydrogen-bond acceptors (Lipinski definition) is 4. The second-order valence-electron chi connectivity index (χ2n) is 6.57. The molecule has 31 heavy (non-hydrogen) atoms. The highest BCUT2D eigenvalue weighted by Crippen LogP contribution is 2.23. The Morgan fingerprint density at radius 1 is 1.23 bits per heavy atom. The SMILES string of the molecule is Nc1ccc(F)nc1NC(=O)Cn1cc(Cc2ccc(Cl)cc2Cl)n(CC(F)F)c1=O. The number of alkyl halides is 2. The zero-order valence-corrected chi connectivity index (χ0v) is 17.3. The molecule has 164 valence electrons. The Bertz CT molecular complexity index is 1180. The predicted molar refractivity (Wildman–Crippen MR) is 111 cm³/mol. The minimum absolute atomic E-state index is 0.0236. The highest BCUT2D eigenvalue weighted by atomic mass is 35.5. The number of rotatable bonds is 7. The lowest BCUT2D eigenvalue weighted by Gasteiger charge is -2.08. The van der Waals surface area contributed by atoms with Crippen LogP contribution in [0.5, 0.6) is 0 Å². The first-order chi connectivity index (χ1) is 14.6. The van der Waals surface area contributed by atoms with E-state index in [9.17, 15) is 22.8 Å². The molecule has 3 N–H and O–H groups in total. The van der Waals surface area contributed by atoms with E-state index in [0.29, 0.717) is 15.6 Å². The summed E-state index contributed by atoms with van der Waals surface area (Å²) in [5.41, 5.74) is 5.64. The first kappa shape index (κ1) is 22.7. The third-order valence-corrected chi connectivity index (χ3v) is 4.89. The average molecular weight is 474 g/mol. The van der Waals surface area contributed by atoms with Crippen LogP contribution in [0.1, 0.15) is 11.3 Å². The van der Waals surface area contributed by atoms with E-state index in [-0.39, 0.29) is 23.6 Å². The molecule has 0 spiro atoms. The maximum atomic E-state index is 13.3. The number of carbonyl (C=O) groups is 1. The topological polar surface area (TPSA) is 94.9 Å². The first-order valence-electron chi connectivity index (χ1n) is 8.87. The Morgan fingerprint density at radius 2 is 1.97 bits per heavy atom. The molecule has 0 aliphatic carbocycles. The van der Waals surface area contributed by atoms with Crippen molar-refractivity contribution in [2.45, 2.75) is 25.9 Å². The standard InChI is InChI=1S/C19H16Cl2F3N5O2/c20-11-2-1-10(13(21)6-11)5-12-7-28(19(31)29(12)8-15(22)23)9-17(30)27-18-14(25)3-4-16(24)26-18/h1-4,6-7,15H,5,8-9,25H2,(H,26,27,30). The predicted octanol–water partition coefficient (Wildman–Crippen LogP) is 3.57. The van der Waals surface area contributed by atoms with Crippen molar-refractivity contribution in [2.75, 3.05) is 11.1 Å². The molecule has 0 unspecified atom stereocenters. The summed E-state index contributed by atoms with van der Waals surface area (Å²) in [6, 6.07) is 6.93. The smallest absolute Gasteiger partial charge is 0.329 e. The van der Waals surface area contributed by atoms with Crippen LogP contribution in [0.3, 0.4) is 0 Å². The summed E-state index contributed by atoms with van der Waals surface area (Å²) in [6.45, 7) is -1.37. The van der Waals surface area contributed by atoms with Gasteiger partial charge in [-0.25, -0.2) is 13.6 Å². The Balaban J connectivity index is 1.87. The molecular weight excluding hydrogens is 458 g/mol. The van der Waals surface area contributed by atoms with Gasteiger partial charge < -0.3 is 11.1 Å². The molecule has 2 aromatic heterocycles. The van der Waals surface area contributed by atoms with E-state index in [2.05, 4.69) is 10.3 Å². The number of anilines is 2. The Hall–Kier alpha value is -2.98. The molecule has 0 saturated carbocycles. The second-order valence-corrected chi connectivity index (χ2v) is 7.41. The van der Waals surface area contributed by atoms with Crippen molar-refractivity contribution >= 4 is 40.6 Å².